The zero-order valence-electron chi connectivity index (χ0n) is 18.4. The molecule has 32 heavy (non-hydrogen) atoms. The molecular formula is C25H28N4O3. The van der Waals surface area contributed by atoms with Gasteiger partial charge in [-0.25, -0.2) is 0 Å². The predicted molar refractivity (Wildman–Crippen MR) is 125 cm³/mol. The summed E-state index contributed by atoms with van der Waals surface area (Å²) in [7, 11) is 3.60. The van der Waals surface area contributed by atoms with Crippen molar-refractivity contribution in [3.05, 3.63) is 78.1 Å². The van der Waals surface area contributed by atoms with Crippen LogP contribution in [0.3, 0.4) is 0 Å². The maximum Gasteiger partial charge on any atom is 0.255 e. The minimum atomic E-state index is -0.241. The molecule has 7 nitrogen and oxygen atoms in total. The van der Waals surface area contributed by atoms with Crippen molar-refractivity contribution in [2.75, 3.05) is 30.8 Å². The highest BCUT2D eigenvalue weighted by Gasteiger charge is 2.28. The lowest BCUT2D eigenvalue weighted by molar-refractivity contribution is -0.117. The van der Waals surface area contributed by atoms with Crippen LogP contribution in [0.2, 0.25) is 0 Å². The van der Waals surface area contributed by atoms with Gasteiger partial charge in [0.2, 0.25) is 5.91 Å². The highest BCUT2D eigenvalue weighted by Crippen LogP contribution is 2.31. The van der Waals surface area contributed by atoms with Gasteiger partial charge >= 0.3 is 0 Å². The SMILES string of the molecule is COc1ccccc1NC(=O)c1ccc(NC(=O)CN2CCC[C@H]2c2cccn2C)cc1. The van der Waals surface area contributed by atoms with E-state index in [1.165, 1.54) is 5.69 Å². The molecule has 2 N–H and O–H groups in total. The summed E-state index contributed by atoms with van der Waals surface area (Å²) >= 11 is 0. The fraction of sp³-hybridized carbons (Fsp3) is 0.280. The Labute approximate surface area is 188 Å². The Morgan fingerprint density at radius 3 is 2.53 bits per heavy atom. The van der Waals surface area contributed by atoms with Crippen molar-refractivity contribution in [2.45, 2.75) is 18.9 Å². The van der Waals surface area contributed by atoms with Crippen molar-refractivity contribution < 1.29 is 14.3 Å². The van der Waals surface area contributed by atoms with Crippen LogP contribution in [0.25, 0.3) is 0 Å². The molecule has 0 spiro atoms. The average Bonchev–Trinajstić information content (AvgIpc) is 3.42. The van der Waals surface area contributed by atoms with Crippen molar-refractivity contribution in [3.63, 3.8) is 0 Å². The Kier molecular flexibility index (Phi) is 6.56. The molecule has 2 amide bonds. The third-order valence-electron chi connectivity index (χ3n) is 5.82. The zero-order valence-corrected chi connectivity index (χ0v) is 18.4. The number of nitrogens with zero attached hydrogens (tertiary/aromatic N) is 2. The minimum absolute atomic E-state index is 0.0580. The highest BCUT2D eigenvalue weighted by atomic mass is 16.5. The molecule has 2 aromatic carbocycles. The first-order chi connectivity index (χ1) is 15.5. The van der Waals surface area contributed by atoms with Crippen molar-refractivity contribution in [3.8, 4) is 5.75 Å². The Balaban J connectivity index is 1.34. The van der Waals surface area contributed by atoms with Crippen molar-refractivity contribution >= 4 is 23.2 Å². The van der Waals surface area contributed by atoms with E-state index in [0.29, 0.717) is 29.2 Å². The molecule has 4 rings (SSSR count). The maximum absolute atomic E-state index is 12.6. The summed E-state index contributed by atoms with van der Waals surface area (Å²) in [5.41, 5.74) is 3.01. The Morgan fingerprint density at radius 2 is 1.81 bits per heavy atom. The highest BCUT2D eigenvalue weighted by molar-refractivity contribution is 6.05. The van der Waals surface area contributed by atoms with Crippen LogP contribution in [0, 0.1) is 0 Å². The number of nitrogens with one attached hydrogen (secondary N) is 2. The topological polar surface area (TPSA) is 75.6 Å². The summed E-state index contributed by atoms with van der Waals surface area (Å²) in [6, 6.07) is 18.6. The Bertz CT molecular complexity index is 1090. The smallest absolute Gasteiger partial charge is 0.255 e. The number of rotatable bonds is 7. The number of amides is 2. The summed E-state index contributed by atoms with van der Waals surface area (Å²) < 4.78 is 7.39. The van der Waals surface area contributed by atoms with E-state index in [-0.39, 0.29) is 17.9 Å². The molecule has 1 fully saturated rings. The summed E-state index contributed by atoms with van der Waals surface area (Å²) in [4.78, 5) is 27.4. The van der Waals surface area contributed by atoms with Gasteiger partial charge in [-0.15, -0.1) is 0 Å². The first-order valence-corrected chi connectivity index (χ1v) is 10.7. The summed E-state index contributed by atoms with van der Waals surface area (Å²) in [5.74, 6) is 0.299. The number of aromatic nitrogens is 1. The van der Waals surface area contributed by atoms with Crippen LogP contribution in [0.1, 0.15) is 34.9 Å². The van der Waals surface area contributed by atoms with E-state index in [4.69, 9.17) is 4.74 Å². The van der Waals surface area contributed by atoms with Crippen molar-refractivity contribution in [1.82, 2.24) is 9.47 Å². The number of hydrogen-bond acceptors (Lipinski definition) is 4. The third-order valence-corrected chi connectivity index (χ3v) is 5.82. The van der Waals surface area contributed by atoms with Crippen LogP contribution in [-0.4, -0.2) is 41.5 Å². The van der Waals surface area contributed by atoms with Gasteiger partial charge in [0.15, 0.2) is 0 Å². The maximum atomic E-state index is 12.6. The number of carbonyl (C=O) groups is 2. The van der Waals surface area contributed by atoms with Crippen molar-refractivity contribution in [1.29, 1.82) is 0 Å². The van der Waals surface area contributed by atoms with Gasteiger partial charge in [0.25, 0.3) is 5.91 Å². The number of ether oxygens (including phenoxy) is 1. The second-order valence-corrected chi connectivity index (χ2v) is 7.95. The number of methoxy groups -OCH3 is 1. The van der Waals surface area contributed by atoms with Gasteiger partial charge in [0, 0.05) is 30.2 Å². The van der Waals surface area contributed by atoms with Crippen LogP contribution in [0.4, 0.5) is 11.4 Å². The molecule has 1 aromatic heterocycles. The fourth-order valence-corrected chi connectivity index (χ4v) is 4.20. The van der Waals surface area contributed by atoms with E-state index in [2.05, 4.69) is 26.2 Å². The molecular weight excluding hydrogens is 404 g/mol. The molecule has 1 atom stereocenters. The molecule has 1 saturated heterocycles. The van der Waals surface area contributed by atoms with Gasteiger partial charge in [-0.1, -0.05) is 12.1 Å². The summed E-state index contributed by atoms with van der Waals surface area (Å²) in [6.07, 6.45) is 4.18. The quantitative estimate of drug-likeness (QED) is 0.590. The molecule has 3 aromatic rings. The van der Waals surface area contributed by atoms with E-state index < -0.39 is 0 Å². The molecule has 0 bridgehead atoms. The van der Waals surface area contributed by atoms with Gasteiger partial charge in [0.05, 0.1) is 25.4 Å². The Hall–Kier alpha value is -3.58. The molecule has 7 heteroatoms. The zero-order chi connectivity index (χ0) is 22.5. The summed E-state index contributed by atoms with van der Waals surface area (Å²) in [5, 5.41) is 5.79. The molecule has 2 heterocycles. The second-order valence-electron chi connectivity index (χ2n) is 7.95. The van der Waals surface area contributed by atoms with Crippen LogP contribution < -0.4 is 15.4 Å². The first kappa shape index (κ1) is 21.6. The second kappa shape index (κ2) is 9.70. The lowest BCUT2D eigenvalue weighted by atomic mass is 10.1. The molecule has 0 unspecified atom stereocenters. The van der Waals surface area contributed by atoms with E-state index >= 15 is 0 Å². The number of hydrogen-bond donors (Lipinski definition) is 2. The minimum Gasteiger partial charge on any atom is -0.495 e. The lowest BCUT2D eigenvalue weighted by Crippen LogP contribution is -2.33. The fourth-order valence-electron chi connectivity index (χ4n) is 4.20. The van der Waals surface area contributed by atoms with Crippen LogP contribution >= 0.6 is 0 Å². The number of anilines is 2. The summed E-state index contributed by atoms with van der Waals surface area (Å²) in [6.45, 7) is 1.25. The van der Waals surface area contributed by atoms with Gasteiger partial charge in [-0.3, -0.25) is 14.5 Å². The van der Waals surface area contributed by atoms with Crippen LogP contribution in [0.5, 0.6) is 5.75 Å². The van der Waals surface area contributed by atoms with Gasteiger partial charge in [-0.05, 0) is 67.9 Å². The number of carbonyl (C=O) groups excluding carboxylic acids is 2. The molecule has 0 aliphatic carbocycles. The van der Waals surface area contributed by atoms with E-state index in [1.807, 2.05) is 31.4 Å². The largest absolute Gasteiger partial charge is 0.495 e. The predicted octanol–water partition coefficient (Wildman–Crippen LogP) is 4.06. The molecule has 0 saturated carbocycles. The van der Waals surface area contributed by atoms with Gasteiger partial charge in [-0.2, -0.15) is 0 Å². The molecule has 0 radical (unpaired) electrons. The number of likely N-dealkylation sites (tertiary alicyclic amines) is 1. The van der Waals surface area contributed by atoms with E-state index in [1.54, 1.807) is 43.5 Å². The van der Waals surface area contributed by atoms with Gasteiger partial charge in [0.1, 0.15) is 5.75 Å². The standard InChI is InChI=1S/C25H28N4O3/c1-28-15-5-8-21(28)22-9-6-16-29(22)17-24(30)26-19-13-11-18(12-14-19)25(31)27-20-7-3-4-10-23(20)32-2/h3-5,7-8,10-15,22H,6,9,16-17H2,1-2H3,(H,26,30)(H,27,31)/t22-/m0/s1. The average molecular weight is 433 g/mol. The van der Waals surface area contributed by atoms with Gasteiger partial charge < -0.3 is 19.9 Å². The third kappa shape index (κ3) is 4.84. The van der Waals surface area contributed by atoms with E-state index in [0.717, 1.165) is 19.4 Å². The number of aryl methyl sites for hydroxylation is 1. The lowest BCUT2D eigenvalue weighted by Gasteiger charge is -2.24. The molecule has 166 valence electrons. The number of para-hydroxylation sites is 2. The number of benzene rings is 2. The van der Waals surface area contributed by atoms with Crippen molar-refractivity contribution in [2.24, 2.45) is 7.05 Å². The molecule has 1 aliphatic rings. The van der Waals surface area contributed by atoms with Crippen LogP contribution in [0.15, 0.2) is 66.9 Å². The molecule has 1 aliphatic heterocycles. The first-order valence-electron chi connectivity index (χ1n) is 10.7. The Morgan fingerprint density at radius 1 is 1.03 bits per heavy atom. The normalized spacial score (nSPS) is 16.0. The monoisotopic (exact) mass is 432 g/mol. The van der Waals surface area contributed by atoms with E-state index in [9.17, 15) is 9.59 Å². The van der Waals surface area contributed by atoms with Crippen LogP contribution in [-0.2, 0) is 11.8 Å².